The van der Waals surface area contributed by atoms with Gasteiger partial charge in [0.1, 0.15) is 27.0 Å². The third-order valence-corrected chi connectivity index (χ3v) is 8.64. The number of hydrogen-bond acceptors (Lipinski definition) is 9. The smallest absolute Gasteiger partial charge is 0.269 e. The number of nitrogens with zero attached hydrogens (tertiary/aromatic N) is 2. The fourth-order valence-corrected chi connectivity index (χ4v) is 6.47. The number of para-hydroxylation sites is 1. The lowest BCUT2D eigenvalue weighted by molar-refractivity contribution is 0.103. The molecule has 10 heteroatoms. The van der Waals surface area contributed by atoms with Gasteiger partial charge in [0, 0.05) is 33.0 Å². The molecule has 0 aliphatic rings. The molecule has 3 aromatic heterocycles. The van der Waals surface area contributed by atoms with Crippen molar-refractivity contribution in [3.05, 3.63) is 89.1 Å². The first-order valence-electron chi connectivity index (χ1n) is 12.9. The summed E-state index contributed by atoms with van der Waals surface area (Å²) in [7, 11) is 4.85. The lowest BCUT2D eigenvalue weighted by Crippen LogP contribution is -2.11. The zero-order chi connectivity index (χ0) is 29.2. The Balaban J connectivity index is 1.45. The number of aromatic nitrogens is 2. The molecule has 0 atom stereocenters. The molecular weight excluding hydrogens is 569 g/mol. The maximum atomic E-state index is 13.6. The van der Waals surface area contributed by atoms with E-state index in [1.54, 1.807) is 21.3 Å². The van der Waals surface area contributed by atoms with E-state index in [0.717, 1.165) is 27.9 Å². The molecule has 3 N–H and O–H groups in total. The Morgan fingerprint density at radius 1 is 0.786 bits per heavy atom. The number of thiophene rings is 1. The summed E-state index contributed by atoms with van der Waals surface area (Å²) < 4.78 is 16.7. The molecule has 0 spiro atoms. The molecule has 0 bridgehead atoms. The Morgan fingerprint density at radius 2 is 1.52 bits per heavy atom. The van der Waals surface area contributed by atoms with Crippen LogP contribution in [0.1, 0.15) is 9.67 Å². The predicted molar refractivity (Wildman–Crippen MR) is 170 cm³/mol. The summed E-state index contributed by atoms with van der Waals surface area (Å²) in [6.07, 6.45) is 0. The van der Waals surface area contributed by atoms with E-state index in [2.05, 4.69) is 10.3 Å². The van der Waals surface area contributed by atoms with E-state index in [1.165, 1.54) is 22.7 Å². The number of amides is 1. The number of nitrogens with one attached hydrogen (secondary N) is 1. The van der Waals surface area contributed by atoms with Gasteiger partial charge in [-0.1, -0.05) is 42.5 Å². The fraction of sp³-hybridized carbons (Fsp3) is 0.0938. The summed E-state index contributed by atoms with van der Waals surface area (Å²) >= 11 is 2.57. The average molecular weight is 595 g/mol. The number of anilines is 2. The van der Waals surface area contributed by atoms with Crippen molar-refractivity contribution in [3.8, 4) is 50.9 Å². The molecule has 0 fully saturated rings. The van der Waals surface area contributed by atoms with Crippen molar-refractivity contribution in [1.82, 2.24) is 9.97 Å². The van der Waals surface area contributed by atoms with Crippen molar-refractivity contribution in [3.63, 3.8) is 0 Å². The zero-order valence-corrected chi connectivity index (χ0v) is 24.6. The minimum atomic E-state index is -0.360. The molecule has 0 saturated carbocycles. The Morgan fingerprint density at radius 3 is 2.29 bits per heavy atom. The van der Waals surface area contributed by atoms with Crippen molar-refractivity contribution in [2.75, 3.05) is 32.4 Å². The number of thiazole rings is 1. The lowest BCUT2D eigenvalue weighted by atomic mass is 9.98. The van der Waals surface area contributed by atoms with Crippen LogP contribution in [-0.4, -0.2) is 37.2 Å². The van der Waals surface area contributed by atoms with Gasteiger partial charge < -0.3 is 19.9 Å². The van der Waals surface area contributed by atoms with Gasteiger partial charge in [-0.2, -0.15) is 0 Å². The van der Waals surface area contributed by atoms with Crippen LogP contribution in [0.15, 0.2) is 84.2 Å². The third kappa shape index (κ3) is 5.02. The lowest BCUT2D eigenvalue weighted by Gasteiger charge is -2.13. The number of nitrogens with two attached hydrogens (primary N) is 1. The summed E-state index contributed by atoms with van der Waals surface area (Å²) in [4.78, 5) is 24.1. The van der Waals surface area contributed by atoms with Crippen LogP contribution in [0.5, 0.6) is 17.2 Å². The number of benzene rings is 3. The van der Waals surface area contributed by atoms with Gasteiger partial charge in [0.05, 0.1) is 38.4 Å². The first kappa shape index (κ1) is 27.3. The number of fused-ring (bicyclic) bond motifs is 1. The van der Waals surface area contributed by atoms with Gasteiger partial charge in [-0.25, -0.2) is 9.97 Å². The van der Waals surface area contributed by atoms with Gasteiger partial charge in [-0.05, 0) is 36.4 Å². The largest absolute Gasteiger partial charge is 0.497 e. The van der Waals surface area contributed by atoms with Gasteiger partial charge in [0.25, 0.3) is 5.91 Å². The number of carbonyl (C=O) groups is 1. The quantitative estimate of drug-likeness (QED) is 0.187. The molecule has 42 heavy (non-hydrogen) atoms. The van der Waals surface area contributed by atoms with Crippen LogP contribution >= 0.6 is 22.7 Å². The van der Waals surface area contributed by atoms with E-state index >= 15 is 0 Å². The van der Waals surface area contributed by atoms with Gasteiger partial charge in [-0.3, -0.25) is 10.1 Å². The summed E-state index contributed by atoms with van der Waals surface area (Å²) in [6.45, 7) is 0. The molecule has 8 nitrogen and oxygen atoms in total. The Kier molecular flexibility index (Phi) is 7.47. The summed E-state index contributed by atoms with van der Waals surface area (Å²) in [6, 6.07) is 25.0. The third-order valence-electron chi connectivity index (χ3n) is 6.78. The molecule has 0 aliphatic heterocycles. The molecule has 3 aromatic carbocycles. The summed E-state index contributed by atoms with van der Waals surface area (Å²) in [5, 5.41) is 5.92. The van der Waals surface area contributed by atoms with Crippen LogP contribution < -0.4 is 25.3 Å². The van der Waals surface area contributed by atoms with Crippen LogP contribution in [0.4, 0.5) is 10.8 Å². The Labute approximate surface area is 250 Å². The highest BCUT2D eigenvalue weighted by Gasteiger charge is 2.24. The van der Waals surface area contributed by atoms with E-state index in [0.29, 0.717) is 48.9 Å². The van der Waals surface area contributed by atoms with Crippen LogP contribution in [0, 0.1) is 0 Å². The summed E-state index contributed by atoms with van der Waals surface area (Å²) in [5.41, 5.74) is 11.9. The molecule has 0 aliphatic carbocycles. The predicted octanol–water partition coefficient (Wildman–Crippen LogP) is 7.61. The maximum Gasteiger partial charge on any atom is 0.269 e. The normalized spacial score (nSPS) is 10.9. The average Bonchev–Trinajstić information content (AvgIpc) is 3.64. The van der Waals surface area contributed by atoms with Crippen molar-refractivity contribution in [2.24, 2.45) is 0 Å². The second-order valence-corrected chi connectivity index (χ2v) is 11.1. The molecule has 1 amide bonds. The number of carbonyl (C=O) groups excluding carboxylic acids is 1. The van der Waals surface area contributed by atoms with Crippen LogP contribution in [-0.2, 0) is 0 Å². The number of rotatable bonds is 8. The molecule has 210 valence electrons. The highest BCUT2D eigenvalue weighted by atomic mass is 32.1. The van der Waals surface area contributed by atoms with Gasteiger partial charge in [-0.15, -0.1) is 22.7 Å². The molecule has 0 radical (unpaired) electrons. The van der Waals surface area contributed by atoms with Crippen molar-refractivity contribution < 1.29 is 19.0 Å². The second-order valence-electron chi connectivity index (χ2n) is 9.20. The SMILES string of the molecule is COc1ccc(OC)c(-c2cc(-c3ccccc3)nc3sc(C(=O)Nc4nc(-c5ccccc5OC)cs4)c(N)c23)c1. The van der Waals surface area contributed by atoms with Crippen LogP contribution in [0.2, 0.25) is 0 Å². The molecular formula is C32H26N4O4S2. The Hall–Kier alpha value is -4.93. The van der Waals surface area contributed by atoms with E-state index < -0.39 is 0 Å². The monoisotopic (exact) mass is 594 g/mol. The molecule has 0 unspecified atom stereocenters. The topological polar surface area (TPSA) is 109 Å². The number of nitrogen functional groups attached to an aromatic ring is 1. The van der Waals surface area contributed by atoms with Gasteiger partial charge in [0.15, 0.2) is 5.13 Å². The van der Waals surface area contributed by atoms with Crippen molar-refractivity contribution in [2.45, 2.75) is 0 Å². The van der Waals surface area contributed by atoms with Gasteiger partial charge in [0.2, 0.25) is 0 Å². The minimum Gasteiger partial charge on any atom is -0.497 e. The fourth-order valence-electron chi connectivity index (χ4n) is 4.75. The van der Waals surface area contributed by atoms with E-state index in [1.807, 2.05) is 84.2 Å². The van der Waals surface area contributed by atoms with E-state index in [9.17, 15) is 4.79 Å². The highest BCUT2D eigenvalue weighted by Crippen LogP contribution is 2.45. The van der Waals surface area contributed by atoms with E-state index in [4.69, 9.17) is 24.9 Å². The van der Waals surface area contributed by atoms with E-state index in [-0.39, 0.29) is 5.91 Å². The van der Waals surface area contributed by atoms with Crippen LogP contribution in [0.3, 0.4) is 0 Å². The maximum absolute atomic E-state index is 13.6. The Bertz CT molecular complexity index is 1920. The molecule has 6 aromatic rings. The van der Waals surface area contributed by atoms with Crippen molar-refractivity contribution >= 4 is 49.6 Å². The van der Waals surface area contributed by atoms with Gasteiger partial charge >= 0.3 is 0 Å². The minimum absolute atomic E-state index is 0.334. The number of ether oxygens (including phenoxy) is 3. The standard InChI is InChI=1S/C32H26N4O4S2/c1-38-19-13-14-26(40-3)21(15-19)22-16-23(18-9-5-4-6-10-18)34-31-27(22)28(33)29(42-31)30(37)36-32-35-24(17-41-32)20-11-7-8-12-25(20)39-2/h4-17H,33H2,1-3H3,(H,35,36,37). The molecule has 3 heterocycles. The number of pyridine rings is 1. The first-order valence-corrected chi connectivity index (χ1v) is 14.6. The van der Waals surface area contributed by atoms with Crippen molar-refractivity contribution in [1.29, 1.82) is 0 Å². The molecule has 0 saturated heterocycles. The highest BCUT2D eigenvalue weighted by molar-refractivity contribution is 7.21. The first-order chi connectivity index (χ1) is 20.5. The van der Waals surface area contributed by atoms with Crippen LogP contribution in [0.25, 0.3) is 43.9 Å². The number of methoxy groups -OCH3 is 3. The molecule has 6 rings (SSSR count). The number of hydrogen-bond donors (Lipinski definition) is 2. The summed E-state index contributed by atoms with van der Waals surface area (Å²) in [5.74, 6) is 1.65. The zero-order valence-electron chi connectivity index (χ0n) is 23.0. The second kappa shape index (κ2) is 11.5.